The van der Waals surface area contributed by atoms with E-state index in [1.54, 1.807) is 54.6 Å². The largest absolute Gasteiger partial charge is 0.504 e. The molecule has 1 unspecified atom stereocenters. The summed E-state index contributed by atoms with van der Waals surface area (Å²) < 4.78 is 10.0. The number of phenols is 1. The van der Waals surface area contributed by atoms with Crippen molar-refractivity contribution in [3.05, 3.63) is 117 Å². The minimum Gasteiger partial charge on any atom is -0.504 e. The van der Waals surface area contributed by atoms with Crippen LogP contribution in [0, 0.1) is 11.3 Å². The Hall–Kier alpha value is -5.60. The number of rotatable bonds is 6. The van der Waals surface area contributed by atoms with Gasteiger partial charge in [0, 0.05) is 0 Å². The summed E-state index contributed by atoms with van der Waals surface area (Å²) in [6, 6.07) is 19.5. The lowest BCUT2D eigenvalue weighted by atomic mass is 9.81. The fourth-order valence-electron chi connectivity index (χ4n) is 5.23. The van der Waals surface area contributed by atoms with Gasteiger partial charge in [-0.1, -0.05) is 54.1 Å². The van der Waals surface area contributed by atoms with Crippen LogP contribution < -0.4 is 10.6 Å². The maximum Gasteiger partial charge on any atom is 0.355 e. The van der Waals surface area contributed by atoms with Gasteiger partial charge >= 0.3 is 11.9 Å². The van der Waals surface area contributed by atoms with E-state index in [4.69, 9.17) is 26.8 Å². The smallest absolute Gasteiger partial charge is 0.355 e. The summed E-state index contributed by atoms with van der Waals surface area (Å²) in [6.45, 7) is -0.254. The monoisotopic (exact) mass is 598 g/mol. The zero-order valence-electron chi connectivity index (χ0n) is 22.8. The average molecular weight is 599 g/mol. The molecular weight excluding hydrogens is 576 g/mol. The first-order chi connectivity index (χ1) is 20.6. The van der Waals surface area contributed by atoms with E-state index in [1.165, 1.54) is 12.1 Å². The highest BCUT2D eigenvalue weighted by atomic mass is 35.5. The molecule has 43 heavy (non-hydrogen) atoms. The van der Waals surface area contributed by atoms with Gasteiger partial charge in [-0.15, -0.1) is 0 Å². The molecule has 5 rings (SSSR count). The fourth-order valence-corrected chi connectivity index (χ4v) is 5.47. The molecule has 216 valence electrons. The van der Waals surface area contributed by atoms with Crippen molar-refractivity contribution in [2.24, 2.45) is 5.73 Å². The van der Waals surface area contributed by atoms with E-state index in [2.05, 4.69) is 0 Å². The number of hydrogen-bond acceptors (Lipinski definition) is 10. The molecule has 0 spiro atoms. The van der Waals surface area contributed by atoms with E-state index < -0.39 is 41.1 Å². The van der Waals surface area contributed by atoms with E-state index in [-0.39, 0.29) is 50.9 Å². The van der Waals surface area contributed by atoms with E-state index in [0.717, 1.165) is 24.0 Å². The third-order valence-electron chi connectivity index (χ3n) is 7.17. The average Bonchev–Trinajstić information content (AvgIpc) is 3.26. The van der Waals surface area contributed by atoms with Gasteiger partial charge in [-0.05, 0) is 35.4 Å². The molecule has 12 heteroatoms. The third kappa shape index (κ3) is 4.73. The van der Waals surface area contributed by atoms with Crippen LogP contribution in [-0.2, 0) is 25.6 Å². The molecule has 3 N–H and O–H groups in total. The molecule has 0 bridgehead atoms. The van der Waals surface area contributed by atoms with Gasteiger partial charge in [0.2, 0.25) is 0 Å². The molecule has 0 saturated carbocycles. The molecule has 0 fully saturated rings. The van der Waals surface area contributed by atoms with Crippen molar-refractivity contribution >= 4 is 41.0 Å². The van der Waals surface area contributed by atoms with Crippen LogP contribution >= 0.6 is 11.6 Å². The Balaban J connectivity index is 1.71. The summed E-state index contributed by atoms with van der Waals surface area (Å²) in [6.07, 6.45) is 0. The van der Waals surface area contributed by atoms with Gasteiger partial charge in [-0.2, -0.15) is 5.26 Å². The fraction of sp³-hybridized carbons (Fsp3) is 0.129. The lowest BCUT2D eigenvalue weighted by molar-refractivity contribution is -0.139. The lowest BCUT2D eigenvalue weighted by Crippen LogP contribution is -2.41. The summed E-state index contributed by atoms with van der Waals surface area (Å²) in [5.41, 5.74) is 6.71. The molecule has 2 aliphatic heterocycles. The minimum atomic E-state index is -1.12. The number of carbonyl (C=O) groups excluding carboxylic acids is 4. The molecule has 11 nitrogen and oxygen atoms in total. The van der Waals surface area contributed by atoms with E-state index in [9.17, 15) is 29.5 Å². The molecular formula is C31H23ClN4O7. The number of imide groups is 1. The van der Waals surface area contributed by atoms with Crippen LogP contribution in [0.1, 0.15) is 37.8 Å². The van der Waals surface area contributed by atoms with Crippen molar-refractivity contribution in [1.29, 1.82) is 5.26 Å². The molecule has 1 atom stereocenters. The Morgan fingerprint density at radius 1 is 0.977 bits per heavy atom. The number of phenolic OH excluding ortho intramolecular Hbond substituents is 1. The second kappa shape index (κ2) is 11.3. The number of nitrogens with two attached hydrogens (primary N) is 1. The molecule has 0 aromatic heterocycles. The van der Waals surface area contributed by atoms with E-state index in [0.29, 0.717) is 5.56 Å². The molecule has 0 saturated heterocycles. The number of benzene rings is 3. The number of nitrogens with zero attached hydrogens (tertiary/aromatic N) is 3. The van der Waals surface area contributed by atoms with Crippen molar-refractivity contribution in [2.45, 2.75) is 12.5 Å². The van der Waals surface area contributed by atoms with Crippen LogP contribution in [0.2, 0.25) is 5.02 Å². The summed E-state index contributed by atoms with van der Waals surface area (Å²) in [4.78, 5) is 54.7. The van der Waals surface area contributed by atoms with Gasteiger partial charge in [-0.25, -0.2) is 9.59 Å². The predicted octanol–water partition coefficient (Wildman–Crippen LogP) is 3.74. The molecule has 0 radical (unpaired) electrons. The highest BCUT2D eigenvalue weighted by Gasteiger charge is 2.44. The SMILES string of the molecule is COC(=O)C1=C(C(=O)OC)N(c2cc(CN3C(=O)c4ccccc4C3=O)cc(Cl)c2O)C(N)=C(C#N)C1c1ccccc1. The molecule has 2 amide bonds. The summed E-state index contributed by atoms with van der Waals surface area (Å²) in [5.74, 6) is -5.00. The number of ether oxygens (including phenoxy) is 2. The quantitative estimate of drug-likeness (QED) is 0.315. The van der Waals surface area contributed by atoms with Crippen LogP contribution in [0.5, 0.6) is 5.75 Å². The predicted molar refractivity (Wildman–Crippen MR) is 153 cm³/mol. The number of amides is 2. The zero-order valence-corrected chi connectivity index (χ0v) is 23.6. The lowest BCUT2D eigenvalue weighted by Gasteiger charge is -2.36. The van der Waals surface area contributed by atoms with Gasteiger partial charge in [0.25, 0.3) is 11.8 Å². The number of aromatic hydroxyl groups is 1. The third-order valence-corrected chi connectivity index (χ3v) is 7.46. The molecule has 2 aliphatic rings. The second-order valence-corrected chi connectivity index (χ2v) is 9.93. The number of nitriles is 1. The van der Waals surface area contributed by atoms with Crippen LogP contribution in [0.15, 0.2) is 89.4 Å². The maximum atomic E-state index is 13.4. The minimum absolute atomic E-state index is 0.125. The van der Waals surface area contributed by atoms with Gasteiger partial charge in [0.15, 0.2) is 5.75 Å². The van der Waals surface area contributed by atoms with Gasteiger partial charge in [-0.3, -0.25) is 19.4 Å². The second-order valence-electron chi connectivity index (χ2n) is 9.52. The first-order valence-electron chi connectivity index (χ1n) is 12.8. The van der Waals surface area contributed by atoms with Crippen molar-refractivity contribution in [3.63, 3.8) is 0 Å². The van der Waals surface area contributed by atoms with Gasteiger partial charge < -0.3 is 20.3 Å². The van der Waals surface area contributed by atoms with Gasteiger partial charge in [0.05, 0.1) is 65.7 Å². The van der Waals surface area contributed by atoms with Crippen LogP contribution in [-0.4, -0.2) is 48.0 Å². The number of carbonyl (C=O) groups is 4. The molecule has 0 aliphatic carbocycles. The topological polar surface area (TPSA) is 163 Å². The normalized spacial score (nSPS) is 16.3. The number of anilines is 1. The number of esters is 2. The van der Waals surface area contributed by atoms with E-state index >= 15 is 0 Å². The number of hydrogen-bond donors (Lipinski definition) is 2. The Morgan fingerprint density at radius 2 is 1.56 bits per heavy atom. The highest BCUT2D eigenvalue weighted by molar-refractivity contribution is 6.32. The number of fused-ring (bicyclic) bond motifs is 1. The molecule has 3 aromatic rings. The summed E-state index contributed by atoms with van der Waals surface area (Å²) in [7, 11) is 2.20. The Labute approximate surface area is 250 Å². The van der Waals surface area contributed by atoms with Crippen molar-refractivity contribution in [2.75, 3.05) is 19.1 Å². The number of allylic oxidation sites excluding steroid dienone is 1. The first-order valence-corrected chi connectivity index (χ1v) is 13.1. The van der Waals surface area contributed by atoms with Crippen LogP contribution in [0.3, 0.4) is 0 Å². The molecule has 3 aromatic carbocycles. The highest BCUT2D eigenvalue weighted by Crippen LogP contribution is 2.47. The molecule has 2 heterocycles. The summed E-state index contributed by atoms with van der Waals surface area (Å²) in [5, 5.41) is 21.2. The number of halogens is 1. The standard InChI is InChI=1S/C31H23ClN4O7/c1-42-30(40)24-23(17-8-4-3-5-9-17)20(14-33)27(34)36(25(24)31(41)43-2)22-13-16(12-21(32)26(22)37)15-35-28(38)18-10-6-7-11-19(18)29(35)39/h3-13,23,37H,15,34H2,1-2H3. The Morgan fingerprint density at radius 3 is 2.12 bits per heavy atom. The van der Waals surface area contributed by atoms with Crippen LogP contribution in [0.4, 0.5) is 5.69 Å². The number of methoxy groups -OCH3 is 2. The summed E-state index contributed by atoms with van der Waals surface area (Å²) >= 11 is 6.40. The van der Waals surface area contributed by atoms with E-state index in [1.807, 2.05) is 6.07 Å². The van der Waals surface area contributed by atoms with Crippen molar-refractivity contribution in [3.8, 4) is 11.8 Å². The first kappa shape index (κ1) is 28.9. The van der Waals surface area contributed by atoms with Crippen molar-refractivity contribution in [1.82, 2.24) is 4.90 Å². The Bertz CT molecular complexity index is 1780. The Kier molecular flexibility index (Phi) is 7.63. The van der Waals surface area contributed by atoms with Crippen molar-refractivity contribution < 1.29 is 33.8 Å². The van der Waals surface area contributed by atoms with Gasteiger partial charge in [0.1, 0.15) is 11.5 Å². The zero-order chi connectivity index (χ0) is 31.0. The van der Waals surface area contributed by atoms with Crippen LogP contribution in [0.25, 0.3) is 0 Å². The maximum absolute atomic E-state index is 13.4.